The number of hydrogen-bond donors (Lipinski definition) is 1. The van der Waals surface area contributed by atoms with E-state index in [-0.39, 0.29) is 11.3 Å². The van der Waals surface area contributed by atoms with Crippen LogP contribution in [0.5, 0.6) is 0 Å². The van der Waals surface area contributed by atoms with Crippen molar-refractivity contribution in [1.29, 1.82) is 0 Å². The first-order valence-electron chi connectivity index (χ1n) is 6.08. The largest absolute Gasteiger partial charge is 0.398 e. The molecule has 0 radical (unpaired) electrons. The van der Waals surface area contributed by atoms with Crippen molar-refractivity contribution in [2.75, 3.05) is 5.73 Å². The topological polar surface area (TPSA) is 43.1 Å². The normalized spacial score (nSPS) is 10.5. The summed E-state index contributed by atoms with van der Waals surface area (Å²) in [7, 11) is 0. The van der Waals surface area contributed by atoms with Crippen molar-refractivity contribution >= 4 is 11.5 Å². The summed E-state index contributed by atoms with van der Waals surface area (Å²) in [4.78, 5) is 12.5. The van der Waals surface area contributed by atoms with Gasteiger partial charge in [-0.15, -0.1) is 0 Å². The zero-order valence-corrected chi connectivity index (χ0v) is 11.3. The Labute approximate surface area is 112 Å². The minimum absolute atomic E-state index is 0.124. The summed E-state index contributed by atoms with van der Waals surface area (Å²) in [5, 5.41) is 0. The van der Waals surface area contributed by atoms with Gasteiger partial charge in [0, 0.05) is 11.3 Å². The SMILES string of the molecule is Cc1cc(C)c(C(=O)c2cccc(N)c2C)c(F)c1. The molecule has 19 heavy (non-hydrogen) atoms. The number of nitrogens with two attached hydrogens (primary N) is 1. The molecule has 0 aliphatic rings. The van der Waals surface area contributed by atoms with Crippen LogP contribution in [0.3, 0.4) is 0 Å². The molecule has 0 amide bonds. The van der Waals surface area contributed by atoms with E-state index in [2.05, 4.69) is 0 Å². The third-order valence-electron chi connectivity index (χ3n) is 3.28. The summed E-state index contributed by atoms with van der Waals surface area (Å²) in [5.41, 5.74) is 9.03. The van der Waals surface area contributed by atoms with E-state index in [0.29, 0.717) is 22.4 Å². The Kier molecular flexibility index (Phi) is 3.38. The molecular weight excluding hydrogens is 241 g/mol. The highest BCUT2D eigenvalue weighted by Crippen LogP contribution is 2.23. The molecule has 0 saturated carbocycles. The smallest absolute Gasteiger partial charge is 0.196 e. The van der Waals surface area contributed by atoms with Gasteiger partial charge in [-0.3, -0.25) is 4.79 Å². The molecule has 3 heteroatoms. The van der Waals surface area contributed by atoms with Gasteiger partial charge in [0.2, 0.25) is 0 Å². The maximum Gasteiger partial charge on any atom is 0.196 e. The number of rotatable bonds is 2. The highest BCUT2D eigenvalue weighted by Gasteiger charge is 2.19. The van der Waals surface area contributed by atoms with E-state index >= 15 is 0 Å². The van der Waals surface area contributed by atoms with Gasteiger partial charge >= 0.3 is 0 Å². The van der Waals surface area contributed by atoms with E-state index < -0.39 is 5.82 Å². The van der Waals surface area contributed by atoms with Gasteiger partial charge in [0.1, 0.15) is 5.82 Å². The third-order valence-corrected chi connectivity index (χ3v) is 3.28. The fourth-order valence-electron chi connectivity index (χ4n) is 2.24. The zero-order valence-electron chi connectivity index (χ0n) is 11.3. The number of anilines is 1. The molecule has 0 unspecified atom stereocenters. The molecule has 0 aromatic heterocycles. The fourth-order valence-corrected chi connectivity index (χ4v) is 2.24. The number of halogens is 1. The van der Waals surface area contributed by atoms with Crippen molar-refractivity contribution in [2.24, 2.45) is 0 Å². The van der Waals surface area contributed by atoms with Gasteiger partial charge < -0.3 is 5.73 Å². The zero-order chi connectivity index (χ0) is 14.2. The predicted octanol–water partition coefficient (Wildman–Crippen LogP) is 3.56. The predicted molar refractivity (Wildman–Crippen MR) is 74.9 cm³/mol. The standard InChI is InChI=1S/C16H16FNO/c1-9-7-10(2)15(13(17)8-9)16(19)12-5-4-6-14(18)11(12)3/h4-8H,18H2,1-3H3. The van der Waals surface area contributed by atoms with E-state index in [4.69, 9.17) is 5.73 Å². The van der Waals surface area contributed by atoms with Crippen LogP contribution in [0.25, 0.3) is 0 Å². The maximum atomic E-state index is 14.0. The Bertz CT molecular complexity index is 639. The first-order valence-corrected chi connectivity index (χ1v) is 6.08. The van der Waals surface area contributed by atoms with Crippen LogP contribution >= 0.6 is 0 Å². The Morgan fingerprint density at radius 2 is 1.84 bits per heavy atom. The maximum absolute atomic E-state index is 14.0. The quantitative estimate of drug-likeness (QED) is 0.660. The number of aryl methyl sites for hydroxylation is 2. The number of hydrogen-bond acceptors (Lipinski definition) is 2. The minimum Gasteiger partial charge on any atom is -0.398 e. The van der Waals surface area contributed by atoms with E-state index in [9.17, 15) is 9.18 Å². The second-order valence-corrected chi connectivity index (χ2v) is 4.79. The molecule has 2 nitrogen and oxygen atoms in total. The first kappa shape index (κ1) is 13.3. The molecule has 0 fully saturated rings. The molecule has 98 valence electrons. The average molecular weight is 257 g/mol. The Morgan fingerprint density at radius 1 is 1.16 bits per heavy atom. The summed E-state index contributed by atoms with van der Waals surface area (Å²) in [6.07, 6.45) is 0. The van der Waals surface area contributed by atoms with Crippen LogP contribution in [-0.2, 0) is 0 Å². The van der Waals surface area contributed by atoms with Crippen LogP contribution in [0, 0.1) is 26.6 Å². The molecule has 0 atom stereocenters. The highest BCUT2D eigenvalue weighted by molar-refractivity contribution is 6.11. The summed E-state index contributed by atoms with van der Waals surface area (Å²) < 4.78 is 14.0. The molecule has 2 rings (SSSR count). The lowest BCUT2D eigenvalue weighted by Gasteiger charge is -2.11. The number of ketones is 1. The molecule has 2 aromatic carbocycles. The third kappa shape index (κ3) is 2.36. The first-order chi connectivity index (χ1) is 8.91. The van der Waals surface area contributed by atoms with Crippen LogP contribution in [-0.4, -0.2) is 5.78 Å². The van der Waals surface area contributed by atoms with Gasteiger partial charge in [-0.25, -0.2) is 4.39 Å². The van der Waals surface area contributed by atoms with Gasteiger partial charge in [0.25, 0.3) is 0 Å². The van der Waals surface area contributed by atoms with Crippen LogP contribution < -0.4 is 5.73 Å². The van der Waals surface area contributed by atoms with Gasteiger partial charge in [-0.1, -0.05) is 18.2 Å². The lowest BCUT2D eigenvalue weighted by atomic mass is 9.94. The second-order valence-electron chi connectivity index (χ2n) is 4.79. The van der Waals surface area contributed by atoms with E-state index in [0.717, 1.165) is 5.56 Å². The molecule has 0 aliphatic heterocycles. The Morgan fingerprint density at radius 3 is 2.47 bits per heavy atom. The van der Waals surface area contributed by atoms with Gasteiger partial charge in [-0.05, 0) is 49.6 Å². The minimum atomic E-state index is -0.482. The number of carbonyl (C=O) groups excluding carboxylic acids is 1. The monoisotopic (exact) mass is 257 g/mol. The van der Waals surface area contributed by atoms with Crippen molar-refractivity contribution in [1.82, 2.24) is 0 Å². The van der Waals surface area contributed by atoms with Crippen LogP contribution in [0.1, 0.15) is 32.6 Å². The van der Waals surface area contributed by atoms with E-state index in [1.54, 1.807) is 45.0 Å². The fraction of sp³-hybridized carbons (Fsp3) is 0.188. The number of benzene rings is 2. The number of carbonyl (C=O) groups is 1. The summed E-state index contributed by atoms with van der Waals surface area (Å²) in [6.45, 7) is 5.31. The Hall–Kier alpha value is -2.16. The average Bonchev–Trinajstić information content (AvgIpc) is 2.31. The summed E-state index contributed by atoms with van der Waals surface area (Å²) in [6, 6.07) is 8.29. The van der Waals surface area contributed by atoms with Crippen molar-refractivity contribution < 1.29 is 9.18 Å². The second kappa shape index (κ2) is 4.84. The summed E-state index contributed by atoms with van der Waals surface area (Å²) in [5.74, 6) is -0.802. The molecule has 2 aromatic rings. The molecule has 0 saturated heterocycles. The van der Waals surface area contributed by atoms with Gasteiger partial charge in [0.15, 0.2) is 5.78 Å². The van der Waals surface area contributed by atoms with Crippen LogP contribution in [0.4, 0.5) is 10.1 Å². The van der Waals surface area contributed by atoms with E-state index in [1.165, 1.54) is 6.07 Å². The van der Waals surface area contributed by atoms with Crippen LogP contribution in [0.15, 0.2) is 30.3 Å². The molecule has 0 aliphatic carbocycles. The molecule has 0 spiro atoms. The van der Waals surface area contributed by atoms with Gasteiger partial charge in [0.05, 0.1) is 5.56 Å². The van der Waals surface area contributed by atoms with Crippen molar-refractivity contribution in [3.8, 4) is 0 Å². The van der Waals surface area contributed by atoms with Crippen molar-refractivity contribution in [3.05, 3.63) is 64.0 Å². The summed E-state index contributed by atoms with van der Waals surface area (Å²) >= 11 is 0. The van der Waals surface area contributed by atoms with Gasteiger partial charge in [-0.2, -0.15) is 0 Å². The number of nitrogen functional groups attached to an aromatic ring is 1. The Balaban J connectivity index is 2.60. The lowest BCUT2D eigenvalue weighted by Crippen LogP contribution is -2.10. The molecule has 0 heterocycles. The molecule has 0 bridgehead atoms. The van der Waals surface area contributed by atoms with Crippen molar-refractivity contribution in [3.63, 3.8) is 0 Å². The van der Waals surface area contributed by atoms with Crippen LogP contribution in [0.2, 0.25) is 0 Å². The lowest BCUT2D eigenvalue weighted by molar-refractivity contribution is 0.103. The highest BCUT2D eigenvalue weighted by atomic mass is 19.1. The molecular formula is C16H16FNO. The van der Waals surface area contributed by atoms with Crippen molar-refractivity contribution in [2.45, 2.75) is 20.8 Å². The molecule has 2 N–H and O–H groups in total. The van der Waals surface area contributed by atoms with E-state index in [1.807, 2.05) is 0 Å².